The third-order valence-electron chi connectivity index (χ3n) is 5.33. The van der Waals surface area contributed by atoms with Gasteiger partial charge in [0, 0.05) is 29.5 Å². The van der Waals surface area contributed by atoms with E-state index in [9.17, 15) is 14.0 Å². The minimum Gasteiger partial charge on any atom is -0.493 e. The number of aromatic nitrogens is 2. The van der Waals surface area contributed by atoms with Gasteiger partial charge in [-0.1, -0.05) is 24.3 Å². The first kappa shape index (κ1) is 26.0. The summed E-state index contributed by atoms with van der Waals surface area (Å²) in [6.45, 7) is -0.402. The maximum atomic E-state index is 13.2. The van der Waals surface area contributed by atoms with Crippen LogP contribution in [0.1, 0.15) is 5.56 Å². The van der Waals surface area contributed by atoms with E-state index in [4.69, 9.17) is 19.3 Å². The number of hydrazine groups is 1. The Morgan fingerprint density at radius 3 is 2.47 bits per heavy atom. The van der Waals surface area contributed by atoms with Crippen molar-refractivity contribution in [2.45, 2.75) is 0 Å². The number of carbonyl (C=O) groups excluding carboxylic acids is 2. The number of hydrogen-bond acceptors (Lipinski definition) is 6. The summed E-state index contributed by atoms with van der Waals surface area (Å²) < 4.78 is 30.9. The summed E-state index contributed by atoms with van der Waals surface area (Å²) >= 11 is 0. The molecule has 0 radical (unpaired) electrons. The molecule has 1 heterocycles. The van der Waals surface area contributed by atoms with Gasteiger partial charge in [-0.05, 0) is 48.5 Å². The van der Waals surface area contributed by atoms with Crippen molar-refractivity contribution in [1.29, 1.82) is 0 Å². The number of hydrogen-bond donors (Lipinski definition) is 2. The first-order valence-electron chi connectivity index (χ1n) is 11.5. The van der Waals surface area contributed by atoms with Crippen LogP contribution < -0.4 is 25.1 Å². The summed E-state index contributed by atoms with van der Waals surface area (Å²) in [5, 5.41) is 4.72. The van der Waals surface area contributed by atoms with Crippen molar-refractivity contribution in [3.05, 3.63) is 96.4 Å². The molecule has 0 fully saturated rings. The second kappa shape index (κ2) is 12.2. The molecule has 0 bridgehead atoms. The monoisotopic (exact) mass is 516 g/mol. The lowest BCUT2D eigenvalue weighted by molar-refractivity contribution is -0.128. The number of methoxy groups -OCH3 is 2. The van der Waals surface area contributed by atoms with Crippen LogP contribution in [0.25, 0.3) is 23.0 Å². The lowest BCUT2D eigenvalue weighted by Gasteiger charge is -2.09. The molecule has 0 aliphatic rings. The number of carbonyl (C=O) groups is 2. The molecule has 194 valence electrons. The summed E-state index contributed by atoms with van der Waals surface area (Å²) in [6, 6.07) is 20.3. The lowest BCUT2D eigenvalue weighted by Crippen LogP contribution is -2.43. The van der Waals surface area contributed by atoms with Crippen LogP contribution in [0, 0.1) is 5.82 Å². The number of nitrogens with zero attached hydrogens (tertiary/aromatic N) is 2. The SMILES string of the molecule is COc1ccc(-c2nn(-c3ccccc3)cc2C=CC(=O)NNC(=O)COc2cccc(F)c2)cc1OC. The van der Waals surface area contributed by atoms with Gasteiger partial charge >= 0.3 is 0 Å². The van der Waals surface area contributed by atoms with E-state index in [-0.39, 0.29) is 5.75 Å². The second-order valence-electron chi connectivity index (χ2n) is 7.90. The minimum atomic E-state index is -0.612. The largest absolute Gasteiger partial charge is 0.493 e. The highest BCUT2D eigenvalue weighted by Gasteiger charge is 2.14. The number of amides is 2. The van der Waals surface area contributed by atoms with Crippen molar-refractivity contribution in [2.24, 2.45) is 0 Å². The fraction of sp³-hybridized carbons (Fsp3) is 0.107. The van der Waals surface area contributed by atoms with Gasteiger partial charge in [0.2, 0.25) is 0 Å². The van der Waals surface area contributed by atoms with Gasteiger partial charge in [0.15, 0.2) is 18.1 Å². The van der Waals surface area contributed by atoms with Crippen LogP contribution >= 0.6 is 0 Å². The molecule has 1 aromatic heterocycles. The number of benzene rings is 3. The summed E-state index contributed by atoms with van der Waals surface area (Å²) in [7, 11) is 3.10. The van der Waals surface area contributed by atoms with Crippen LogP contribution in [0.4, 0.5) is 4.39 Å². The van der Waals surface area contributed by atoms with E-state index >= 15 is 0 Å². The van der Waals surface area contributed by atoms with Crippen LogP contribution in [0.15, 0.2) is 85.1 Å². The molecule has 2 amide bonds. The summed E-state index contributed by atoms with van der Waals surface area (Å²) in [5.41, 5.74) is 7.38. The molecule has 3 aromatic carbocycles. The maximum absolute atomic E-state index is 13.2. The van der Waals surface area contributed by atoms with Crippen molar-refractivity contribution in [3.8, 4) is 34.2 Å². The van der Waals surface area contributed by atoms with Gasteiger partial charge < -0.3 is 14.2 Å². The van der Waals surface area contributed by atoms with Crippen LogP contribution in [0.3, 0.4) is 0 Å². The first-order valence-corrected chi connectivity index (χ1v) is 11.5. The fourth-order valence-electron chi connectivity index (χ4n) is 3.51. The third kappa shape index (κ3) is 6.55. The highest BCUT2D eigenvalue weighted by molar-refractivity contribution is 5.94. The Morgan fingerprint density at radius 1 is 0.947 bits per heavy atom. The van der Waals surface area contributed by atoms with Crippen molar-refractivity contribution in [1.82, 2.24) is 20.6 Å². The Labute approximate surface area is 218 Å². The molecule has 2 N–H and O–H groups in total. The Kier molecular flexibility index (Phi) is 8.35. The van der Waals surface area contributed by atoms with E-state index < -0.39 is 24.2 Å². The van der Waals surface area contributed by atoms with Crippen molar-refractivity contribution in [2.75, 3.05) is 20.8 Å². The highest BCUT2D eigenvalue weighted by Crippen LogP contribution is 2.33. The summed E-state index contributed by atoms with van der Waals surface area (Å²) in [4.78, 5) is 24.4. The van der Waals surface area contributed by atoms with Crippen molar-refractivity contribution >= 4 is 17.9 Å². The van der Waals surface area contributed by atoms with E-state index in [0.717, 1.165) is 17.3 Å². The molecular weight excluding hydrogens is 491 g/mol. The smallest absolute Gasteiger partial charge is 0.276 e. The number of ether oxygens (including phenoxy) is 3. The highest BCUT2D eigenvalue weighted by atomic mass is 19.1. The topological polar surface area (TPSA) is 104 Å². The van der Waals surface area contributed by atoms with Gasteiger partial charge in [0.25, 0.3) is 11.8 Å². The Bertz CT molecular complexity index is 1450. The van der Waals surface area contributed by atoms with E-state index in [1.807, 2.05) is 36.4 Å². The predicted octanol–water partition coefficient (Wildman–Crippen LogP) is 3.94. The normalized spacial score (nSPS) is 10.7. The second-order valence-corrected chi connectivity index (χ2v) is 7.90. The summed E-state index contributed by atoms with van der Waals surface area (Å²) in [5.74, 6) is -0.356. The first-order chi connectivity index (χ1) is 18.5. The van der Waals surface area contributed by atoms with E-state index in [2.05, 4.69) is 10.9 Å². The Morgan fingerprint density at radius 2 is 1.74 bits per heavy atom. The molecule has 0 saturated heterocycles. The quantitative estimate of drug-likeness (QED) is 0.258. The molecule has 0 unspecified atom stereocenters. The molecule has 10 heteroatoms. The average molecular weight is 517 g/mol. The van der Waals surface area contributed by atoms with E-state index in [1.54, 1.807) is 43.3 Å². The average Bonchev–Trinajstić information content (AvgIpc) is 3.38. The van der Waals surface area contributed by atoms with Crippen molar-refractivity contribution < 1.29 is 28.2 Å². The van der Waals surface area contributed by atoms with Gasteiger partial charge in [0.1, 0.15) is 17.3 Å². The Hall–Kier alpha value is -5.12. The predicted molar refractivity (Wildman–Crippen MR) is 139 cm³/mol. The van der Waals surface area contributed by atoms with Gasteiger partial charge in [-0.25, -0.2) is 9.07 Å². The zero-order valence-corrected chi connectivity index (χ0v) is 20.7. The molecule has 4 aromatic rings. The molecule has 0 aliphatic heterocycles. The molecule has 4 rings (SSSR count). The third-order valence-corrected chi connectivity index (χ3v) is 5.33. The molecule has 9 nitrogen and oxygen atoms in total. The lowest BCUT2D eigenvalue weighted by atomic mass is 10.1. The molecule has 0 atom stereocenters. The standard InChI is InChI=1S/C28H25FN4O5/c1-36-24-13-11-19(15-25(24)37-2)28-20(17-33(32-28)22-8-4-3-5-9-22)12-14-26(34)30-31-27(35)18-38-23-10-6-7-21(29)16-23/h3-17H,18H2,1-2H3,(H,30,34)(H,31,35). The maximum Gasteiger partial charge on any atom is 0.276 e. The minimum absolute atomic E-state index is 0.199. The zero-order chi connectivity index (χ0) is 26.9. The molecular formula is C28H25FN4O5. The Balaban J connectivity index is 1.48. The number of para-hydroxylation sites is 1. The number of nitrogens with one attached hydrogen (secondary N) is 2. The molecule has 0 saturated carbocycles. The van der Waals surface area contributed by atoms with Crippen LogP contribution in [-0.4, -0.2) is 42.4 Å². The van der Waals surface area contributed by atoms with Crippen LogP contribution in [0.5, 0.6) is 17.2 Å². The molecule has 0 aliphatic carbocycles. The summed E-state index contributed by atoms with van der Waals surface area (Å²) in [6.07, 6.45) is 4.64. The van der Waals surface area contributed by atoms with Gasteiger partial charge in [-0.2, -0.15) is 5.10 Å². The van der Waals surface area contributed by atoms with Crippen molar-refractivity contribution in [3.63, 3.8) is 0 Å². The van der Waals surface area contributed by atoms with Gasteiger partial charge in [-0.15, -0.1) is 0 Å². The van der Waals surface area contributed by atoms with Gasteiger partial charge in [-0.3, -0.25) is 20.4 Å². The number of halogens is 1. The van der Waals surface area contributed by atoms with Crippen LogP contribution in [-0.2, 0) is 9.59 Å². The molecule has 0 spiro atoms. The number of rotatable bonds is 9. The molecule has 38 heavy (non-hydrogen) atoms. The van der Waals surface area contributed by atoms with E-state index in [0.29, 0.717) is 22.8 Å². The van der Waals surface area contributed by atoms with Gasteiger partial charge in [0.05, 0.1) is 19.9 Å². The zero-order valence-electron chi connectivity index (χ0n) is 20.7. The van der Waals surface area contributed by atoms with E-state index in [1.165, 1.54) is 24.3 Å². The fourth-order valence-corrected chi connectivity index (χ4v) is 3.51. The van der Waals surface area contributed by atoms with Crippen LogP contribution in [0.2, 0.25) is 0 Å².